The van der Waals surface area contributed by atoms with Gasteiger partial charge in [0, 0.05) is 35.6 Å². The Morgan fingerprint density at radius 3 is 2.56 bits per heavy atom. The standard InChI is InChI=1S/C35H37N5O5/c1-5-43-32(41)18-23-9-6-7-12-31(23)44-21-29-28-17-22(25-10-8-11-27-26(25)15-16-37-33(27)36)13-14-30(28)40(38-29)24-19-39(20-24)34(42)45-35(2,3)4/h6-17,24H,5,18-21H2,1-4H3,(H2,36,37). The van der Waals surface area contributed by atoms with Crippen molar-refractivity contribution in [3.63, 3.8) is 0 Å². The molecule has 2 aromatic heterocycles. The number of benzene rings is 3. The molecule has 2 N–H and O–H groups in total. The summed E-state index contributed by atoms with van der Waals surface area (Å²) in [7, 11) is 0. The minimum absolute atomic E-state index is 0.0147. The van der Waals surface area contributed by atoms with Crippen LogP contribution >= 0.6 is 0 Å². The van der Waals surface area contributed by atoms with E-state index < -0.39 is 5.60 Å². The van der Waals surface area contributed by atoms with Crippen molar-refractivity contribution in [3.05, 3.63) is 84.2 Å². The number of para-hydroxylation sites is 1. The number of nitrogens with zero attached hydrogens (tertiary/aromatic N) is 4. The number of rotatable bonds is 8. The SMILES string of the molecule is CCOC(=O)Cc1ccccc1OCc1nn(C2CN(C(=O)OC(C)(C)C)C2)c2ccc(-c3cccc4c(N)nccc34)cc12. The van der Waals surface area contributed by atoms with Crippen LogP contribution in [0.4, 0.5) is 10.6 Å². The third-order valence-corrected chi connectivity index (χ3v) is 7.77. The summed E-state index contributed by atoms with van der Waals surface area (Å²) in [5.41, 5.74) is 10.1. The van der Waals surface area contributed by atoms with Gasteiger partial charge in [0.15, 0.2) is 0 Å². The van der Waals surface area contributed by atoms with Gasteiger partial charge in [0.05, 0.1) is 24.6 Å². The first-order valence-electron chi connectivity index (χ1n) is 15.1. The maximum atomic E-state index is 12.6. The van der Waals surface area contributed by atoms with E-state index >= 15 is 0 Å². The number of ether oxygens (including phenoxy) is 3. The van der Waals surface area contributed by atoms with Crippen molar-refractivity contribution in [2.24, 2.45) is 0 Å². The van der Waals surface area contributed by atoms with Gasteiger partial charge in [0.2, 0.25) is 0 Å². The minimum Gasteiger partial charge on any atom is -0.487 e. The Kier molecular flexibility index (Phi) is 8.05. The van der Waals surface area contributed by atoms with Crippen molar-refractivity contribution in [1.29, 1.82) is 0 Å². The van der Waals surface area contributed by atoms with Crippen molar-refractivity contribution in [3.8, 4) is 16.9 Å². The van der Waals surface area contributed by atoms with Crippen molar-refractivity contribution >= 4 is 39.6 Å². The maximum absolute atomic E-state index is 12.6. The third-order valence-electron chi connectivity index (χ3n) is 7.77. The number of amides is 1. The molecule has 1 aliphatic rings. The Bertz CT molecular complexity index is 1890. The molecular formula is C35H37N5O5. The zero-order valence-electron chi connectivity index (χ0n) is 25.9. The topological polar surface area (TPSA) is 122 Å². The highest BCUT2D eigenvalue weighted by molar-refractivity contribution is 6.02. The number of carbonyl (C=O) groups excluding carboxylic acids is 2. The number of anilines is 1. The molecule has 0 bridgehead atoms. The lowest BCUT2D eigenvalue weighted by Crippen LogP contribution is -2.52. The summed E-state index contributed by atoms with van der Waals surface area (Å²) < 4.78 is 19.0. The van der Waals surface area contributed by atoms with Crippen molar-refractivity contribution in [2.75, 3.05) is 25.4 Å². The van der Waals surface area contributed by atoms with Gasteiger partial charge in [0.25, 0.3) is 0 Å². The zero-order chi connectivity index (χ0) is 31.7. The van der Waals surface area contributed by atoms with Gasteiger partial charge in [-0.15, -0.1) is 0 Å². The molecule has 10 nitrogen and oxygen atoms in total. The molecule has 232 valence electrons. The molecule has 1 saturated heterocycles. The van der Waals surface area contributed by atoms with Gasteiger partial charge < -0.3 is 24.8 Å². The van der Waals surface area contributed by atoms with E-state index in [4.69, 9.17) is 25.0 Å². The minimum atomic E-state index is -0.562. The number of nitrogens with two attached hydrogens (primary N) is 1. The number of aromatic nitrogens is 3. The molecule has 3 aromatic carbocycles. The molecule has 0 spiro atoms. The monoisotopic (exact) mass is 607 g/mol. The summed E-state index contributed by atoms with van der Waals surface area (Å²) >= 11 is 0. The third kappa shape index (κ3) is 6.26. The van der Waals surface area contributed by atoms with E-state index in [0.29, 0.717) is 31.3 Å². The number of nitrogen functional groups attached to an aromatic ring is 1. The Hall–Kier alpha value is -5.12. The number of carbonyl (C=O) groups is 2. The summed E-state index contributed by atoms with van der Waals surface area (Å²) in [5.74, 6) is 0.776. The first-order valence-corrected chi connectivity index (χ1v) is 15.1. The Morgan fingerprint density at radius 1 is 0.978 bits per heavy atom. The van der Waals surface area contributed by atoms with Crippen molar-refractivity contribution in [1.82, 2.24) is 19.7 Å². The Balaban J connectivity index is 1.35. The second-order valence-corrected chi connectivity index (χ2v) is 12.1. The summed E-state index contributed by atoms with van der Waals surface area (Å²) in [4.78, 5) is 30.8. The van der Waals surface area contributed by atoms with Gasteiger partial charge in [-0.3, -0.25) is 9.48 Å². The summed E-state index contributed by atoms with van der Waals surface area (Å²) in [6, 6.07) is 21.7. The smallest absolute Gasteiger partial charge is 0.410 e. The number of pyridine rings is 1. The van der Waals surface area contributed by atoms with Crippen LogP contribution in [-0.4, -0.2) is 57.0 Å². The van der Waals surface area contributed by atoms with E-state index in [0.717, 1.165) is 44.1 Å². The fraction of sp³-hybridized carbons (Fsp3) is 0.314. The summed E-state index contributed by atoms with van der Waals surface area (Å²) in [6.07, 6.45) is 1.51. The molecule has 0 atom stereocenters. The van der Waals surface area contributed by atoms with Gasteiger partial charge in [-0.2, -0.15) is 5.10 Å². The molecular weight excluding hydrogens is 570 g/mol. The number of likely N-dealkylation sites (tertiary alicyclic amines) is 1. The highest BCUT2D eigenvalue weighted by Crippen LogP contribution is 2.35. The van der Waals surface area contributed by atoms with Crippen LogP contribution in [-0.2, 0) is 27.3 Å². The quantitative estimate of drug-likeness (QED) is 0.204. The number of hydrogen-bond acceptors (Lipinski definition) is 8. The molecule has 1 amide bonds. The number of fused-ring (bicyclic) bond motifs is 2. The van der Waals surface area contributed by atoms with Gasteiger partial charge in [0.1, 0.15) is 29.5 Å². The predicted octanol–water partition coefficient (Wildman–Crippen LogP) is 6.31. The Morgan fingerprint density at radius 2 is 1.78 bits per heavy atom. The average Bonchev–Trinajstić information content (AvgIpc) is 3.32. The van der Waals surface area contributed by atoms with E-state index in [1.165, 1.54) is 0 Å². The highest BCUT2D eigenvalue weighted by Gasteiger charge is 2.36. The molecule has 5 aromatic rings. The first-order chi connectivity index (χ1) is 21.6. The average molecular weight is 608 g/mol. The molecule has 0 radical (unpaired) electrons. The van der Waals surface area contributed by atoms with Gasteiger partial charge in [-0.25, -0.2) is 9.78 Å². The van der Waals surface area contributed by atoms with E-state index in [-0.39, 0.29) is 31.1 Å². The van der Waals surface area contributed by atoms with E-state index in [1.54, 1.807) is 18.0 Å². The van der Waals surface area contributed by atoms with Gasteiger partial charge in [-0.1, -0.05) is 42.5 Å². The highest BCUT2D eigenvalue weighted by atomic mass is 16.6. The molecule has 3 heterocycles. The second kappa shape index (κ2) is 12.1. The Labute approximate surface area is 261 Å². The fourth-order valence-electron chi connectivity index (χ4n) is 5.63. The summed E-state index contributed by atoms with van der Waals surface area (Å²) in [6.45, 7) is 8.85. The second-order valence-electron chi connectivity index (χ2n) is 12.1. The van der Waals surface area contributed by atoms with Crippen molar-refractivity contribution in [2.45, 2.75) is 52.4 Å². The van der Waals surface area contributed by atoms with E-state index in [1.807, 2.05) is 67.9 Å². The van der Waals surface area contributed by atoms with Crippen LogP contribution in [0.15, 0.2) is 72.9 Å². The largest absolute Gasteiger partial charge is 0.487 e. The zero-order valence-corrected chi connectivity index (χ0v) is 25.9. The van der Waals surface area contributed by atoms with E-state index in [9.17, 15) is 9.59 Å². The van der Waals surface area contributed by atoms with Crippen LogP contribution in [0.2, 0.25) is 0 Å². The van der Waals surface area contributed by atoms with E-state index in [2.05, 4.69) is 29.2 Å². The van der Waals surface area contributed by atoms with Gasteiger partial charge in [-0.05, 0) is 68.5 Å². The lowest BCUT2D eigenvalue weighted by atomic mass is 9.97. The van der Waals surface area contributed by atoms with Crippen LogP contribution in [0.25, 0.3) is 32.8 Å². The normalized spacial score (nSPS) is 13.6. The number of hydrogen-bond donors (Lipinski definition) is 1. The first kappa shape index (κ1) is 29.9. The molecule has 0 aliphatic carbocycles. The molecule has 6 rings (SSSR count). The van der Waals surface area contributed by atoms with Crippen LogP contribution < -0.4 is 10.5 Å². The van der Waals surface area contributed by atoms with Crippen LogP contribution in [0, 0.1) is 0 Å². The van der Waals surface area contributed by atoms with Crippen LogP contribution in [0.1, 0.15) is 45.0 Å². The fourth-order valence-corrected chi connectivity index (χ4v) is 5.63. The predicted molar refractivity (Wildman–Crippen MR) is 173 cm³/mol. The van der Waals surface area contributed by atoms with Crippen molar-refractivity contribution < 1.29 is 23.8 Å². The lowest BCUT2D eigenvalue weighted by molar-refractivity contribution is -0.142. The maximum Gasteiger partial charge on any atom is 0.410 e. The molecule has 1 aliphatic heterocycles. The number of esters is 1. The molecule has 10 heteroatoms. The molecule has 45 heavy (non-hydrogen) atoms. The van der Waals surface area contributed by atoms with Gasteiger partial charge >= 0.3 is 12.1 Å². The molecule has 0 saturated carbocycles. The molecule has 1 fully saturated rings. The summed E-state index contributed by atoms with van der Waals surface area (Å²) in [5, 5.41) is 7.85. The van der Waals surface area contributed by atoms with Crippen LogP contribution in [0.5, 0.6) is 5.75 Å². The van der Waals surface area contributed by atoms with Crippen LogP contribution in [0.3, 0.4) is 0 Å². The molecule has 0 unspecified atom stereocenters. The lowest BCUT2D eigenvalue weighted by Gasteiger charge is -2.39.